The van der Waals surface area contributed by atoms with Crippen LogP contribution in [0.25, 0.3) is 0 Å². The number of sulfonamides is 1. The third kappa shape index (κ3) is 5.70. The molecule has 0 bridgehead atoms. The van der Waals surface area contributed by atoms with E-state index in [2.05, 4.69) is 4.72 Å². The minimum Gasteiger partial charge on any atom is -0.389 e. The SMILES string of the molecule is CN(C)CC(C)(C)CNS(=O)(=O)c1ccc(C(N)=S)cc1. The van der Waals surface area contributed by atoms with E-state index in [1.54, 1.807) is 12.1 Å². The van der Waals surface area contributed by atoms with Crippen LogP contribution >= 0.6 is 12.2 Å². The average molecular weight is 329 g/mol. The summed E-state index contributed by atoms with van der Waals surface area (Å²) in [5.41, 5.74) is 5.99. The zero-order valence-electron chi connectivity index (χ0n) is 12.9. The fraction of sp³-hybridized carbons (Fsp3) is 0.500. The molecule has 1 aromatic carbocycles. The van der Waals surface area contributed by atoms with Gasteiger partial charge in [0.1, 0.15) is 4.99 Å². The zero-order chi connectivity index (χ0) is 16.3. The normalized spacial score (nSPS) is 12.6. The summed E-state index contributed by atoms with van der Waals surface area (Å²) in [7, 11) is 0.402. The molecule has 21 heavy (non-hydrogen) atoms. The quantitative estimate of drug-likeness (QED) is 0.735. The van der Waals surface area contributed by atoms with Gasteiger partial charge in [0.2, 0.25) is 10.0 Å². The van der Waals surface area contributed by atoms with E-state index in [1.165, 1.54) is 12.1 Å². The molecule has 0 saturated heterocycles. The highest BCUT2D eigenvalue weighted by Gasteiger charge is 2.23. The van der Waals surface area contributed by atoms with Crippen LogP contribution in [0.4, 0.5) is 0 Å². The average Bonchev–Trinajstić information content (AvgIpc) is 2.35. The van der Waals surface area contributed by atoms with Crippen molar-refractivity contribution >= 4 is 27.2 Å². The van der Waals surface area contributed by atoms with Crippen molar-refractivity contribution < 1.29 is 8.42 Å². The maximum absolute atomic E-state index is 12.3. The molecule has 5 nitrogen and oxygen atoms in total. The molecule has 1 rings (SSSR count). The summed E-state index contributed by atoms with van der Waals surface area (Å²) < 4.78 is 27.2. The van der Waals surface area contributed by atoms with E-state index in [-0.39, 0.29) is 15.3 Å². The molecule has 1 aromatic rings. The summed E-state index contributed by atoms with van der Waals surface area (Å²) in [5.74, 6) is 0. The Labute approximate surface area is 132 Å². The second-order valence-corrected chi connectivity index (χ2v) is 8.32. The summed E-state index contributed by atoms with van der Waals surface area (Å²) in [6, 6.07) is 6.25. The minimum absolute atomic E-state index is 0.157. The van der Waals surface area contributed by atoms with Crippen LogP contribution in [0.5, 0.6) is 0 Å². The predicted molar refractivity (Wildman–Crippen MR) is 89.9 cm³/mol. The van der Waals surface area contributed by atoms with Crippen molar-refractivity contribution in [2.45, 2.75) is 18.7 Å². The molecule has 118 valence electrons. The van der Waals surface area contributed by atoms with Crippen molar-refractivity contribution in [2.24, 2.45) is 11.1 Å². The van der Waals surface area contributed by atoms with Gasteiger partial charge < -0.3 is 10.6 Å². The van der Waals surface area contributed by atoms with Gasteiger partial charge >= 0.3 is 0 Å². The summed E-state index contributed by atoms with van der Waals surface area (Å²) >= 11 is 4.85. The first-order valence-electron chi connectivity index (χ1n) is 6.58. The molecule has 0 saturated carbocycles. The lowest BCUT2D eigenvalue weighted by molar-refractivity contribution is 0.242. The maximum atomic E-state index is 12.3. The van der Waals surface area contributed by atoms with E-state index in [0.717, 1.165) is 6.54 Å². The van der Waals surface area contributed by atoms with Gasteiger partial charge in [-0.2, -0.15) is 0 Å². The summed E-state index contributed by atoms with van der Waals surface area (Å²) in [4.78, 5) is 2.49. The third-order valence-corrected chi connectivity index (χ3v) is 4.59. The van der Waals surface area contributed by atoms with E-state index in [9.17, 15) is 8.42 Å². The van der Waals surface area contributed by atoms with Gasteiger partial charge in [-0.15, -0.1) is 0 Å². The topological polar surface area (TPSA) is 75.4 Å². The highest BCUT2D eigenvalue weighted by Crippen LogP contribution is 2.17. The molecule has 0 fully saturated rings. The van der Waals surface area contributed by atoms with Crippen LogP contribution in [-0.2, 0) is 10.0 Å². The molecule has 0 atom stereocenters. The van der Waals surface area contributed by atoms with Crippen molar-refractivity contribution in [3.63, 3.8) is 0 Å². The van der Waals surface area contributed by atoms with Crippen LogP contribution in [0, 0.1) is 5.41 Å². The predicted octanol–water partition coefficient (Wildman–Crippen LogP) is 1.19. The number of hydrogen-bond acceptors (Lipinski definition) is 4. The Bertz CT molecular complexity index is 593. The molecule has 0 amide bonds. The molecular weight excluding hydrogens is 306 g/mol. The van der Waals surface area contributed by atoms with E-state index in [4.69, 9.17) is 18.0 Å². The second kappa shape index (κ2) is 6.83. The zero-order valence-corrected chi connectivity index (χ0v) is 14.5. The number of rotatable bonds is 7. The van der Waals surface area contributed by atoms with E-state index in [0.29, 0.717) is 12.1 Å². The van der Waals surface area contributed by atoms with Gasteiger partial charge in [0, 0.05) is 18.7 Å². The summed E-state index contributed by atoms with van der Waals surface area (Å²) in [5, 5.41) is 0. The van der Waals surface area contributed by atoms with Gasteiger partial charge in [-0.25, -0.2) is 13.1 Å². The second-order valence-electron chi connectivity index (χ2n) is 6.12. The molecule has 0 spiro atoms. The van der Waals surface area contributed by atoms with Crippen LogP contribution in [0.15, 0.2) is 29.2 Å². The summed E-state index contributed by atoms with van der Waals surface area (Å²) in [6.07, 6.45) is 0. The smallest absolute Gasteiger partial charge is 0.240 e. The van der Waals surface area contributed by atoms with Crippen LogP contribution < -0.4 is 10.5 Å². The monoisotopic (exact) mass is 329 g/mol. The van der Waals surface area contributed by atoms with Crippen LogP contribution in [0.3, 0.4) is 0 Å². The van der Waals surface area contributed by atoms with E-state index >= 15 is 0 Å². The van der Waals surface area contributed by atoms with Crippen LogP contribution in [0.1, 0.15) is 19.4 Å². The minimum atomic E-state index is -3.52. The molecular formula is C14H23N3O2S2. The molecule has 3 N–H and O–H groups in total. The highest BCUT2D eigenvalue weighted by molar-refractivity contribution is 7.89. The standard InChI is InChI=1S/C14H23N3O2S2/c1-14(2,10-17(3)4)9-16-21(18,19)12-7-5-11(6-8-12)13(15)20/h5-8,16H,9-10H2,1-4H3,(H2,15,20). The van der Waals surface area contributed by atoms with Gasteiger partial charge in [-0.05, 0) is 31.6 Å². The van der Waals surface area contributed by atoms with Crippen molar-refractivity contribution in [3.05, 3.63) is 29.8 Å². The Hall–Kier alpha value is -1.02. The van der Waals surface area contributed by atoms with E-state index < -0.39 is 10.0 Å². The molecule has 0 aliphatic heterocycles. The summed E-state index contributed by atoms with van der Waals surface area (Å²) in [6.45, 7) is 5.19. The Balaban J connectivity index is 2.80. The first-order valence-corrected chi connectivity index (χ1v) is 8.47. The Morgan fingerprint density at radius 3 is 2.24 bits per heavy atom. The largest absolute Gasteiger partial charge is 0.389 e. The van der Waals surface area contributed by atoms with Crippen molar-refractivity contribution in [3.8, 4) is 0 Å². The van der Waals surface area contributed by atoms with Crippen LogP contribution in [0.2, 0.25) is 0 Å². The number of hydrogen-bond donors (Lipinski definition) is 2. The fourth-order valence-corrected chi connectivity index (χ4v) is 3.46. The lowest BCUT2D eigenvalue weighted by Crippen LogP contribution is -2.39. The molecule has 0 radical (unpaired) electrons. The van der Waals surface area contributed by atoms with Gasteiger partial charge in [-0.3, -0.25) is 0 Å². The molecule has 0 heterocycles. The maximum Gasteiger partial charge on any atom is 0.240 e. The van der Waals surface area contributed by atoms with Gasteiger partial charge in [0.25, 0.3) is 0 Å². The molecule has 7 heteroatoms. The highest BCUT2D eigenvalue weighted by atomic mass is 32.2. The molecule has 0 aromatic heterocycles. The number of nitrogens with two attached hydrogens (primary N) is 1. The number of nitrogens with one attached hydrogen (secondary N) is 1. The molecule has 0 aliphatic rings. The number of benzene rings is 1. The first kappa shape index (κ1) is 18.0. The Kier molecular flexibility index (Phi) is 5.86. The van der Waals surface area contributed by atoms with Gasteiger partial charge in [-0.1, -0.05) is 38.2 Å². The van der Waals surface area contributed by atoms with Crippen molar-refractivity contribution in [1.82, 2.24) is 9.62 Å². The van der Waals surface area contributed by atoms with Crippen molar-refractivity contribution in [1.29, 1.82) is 0 Å². The van der Waals surface area contributed by atoms with Gasteiger partial charge in [0.05, 0.1) is 4.90 Å². The number of thiocarbonyl (C=S) groups is 1. The fourth-order valence-electron chi connectivity index (χ4n) is 2.08. The number of nitrogens with zero attached hydrogens (tertiary/aromatic N) is 1. The lowest BCUT2D eigenvalue weighted by Gasteiger charge is -2.28. The Morgan fingerprint density at radius 2 is 1.81 bits per heavy atom. The van der Waals surface area contributed by atoms with Crippen molar-refractivity contribution in [2.75, 3.05) is 27.2 Å². The molecule has 0 aliphatic carbocycles. The Morgan fingerprint density at radius 1 is 1.29 bits per heavy atom. The lowest BCUT2D eigenvalue weighted by atomic mass is 9.93. The molecule has 0 unspecified atom stereocenters. The first-order chi connectivity index (χ1) is 9.53. The van der Waals surface area contributed by atoms with E-state index in [1.807, 2.05) is 32.8 Å². The van der Waals surface area contributed by atoms with Crippen LogP contribution in [-0.4, -0.2) is 45.5 Å². The van der Waals surface area contributed by atoms with Gasteiger partial charge in [0.15, 0.2) is 0 Å². The third-order valence-electron chi connectivity index (χ3n) is 2.93.